The maximum Gasteiger partial charge on any atom is 0.329 e. The second-order valence-corrected chi connectivity index (χ2v) is 5.19. The fourth-order valence-electron chi connectivity index (χ4n) is 1.53. The summed E-state index contributed by atoms with van der Waals surface area (Å²) < 4.78 is 2.56. The van der Waals surface area contributed by atoms with Crippen molar-refractivity contribution in [2.75, 3.05) is 0 Å². The molecule has 0 fully saturated rings. The highest BCUT2D eigenvalue weighted by atomic mass is 79.9. The summed E-state index contributed by atoms with van der Waals surface area (Å²) in [6.07, 6.45) is 2.11. The van der Waals surface area contributed by atoms with Crippen molar-refractivity contribution in [1.82, 2.24) is 9.88 Å². The summed E-state index contributed by atoms with van der Waals surface area (Å²) in [5, 5.41) is 11.7. The number of carboxylic acids is 1. The van der Waals surface area contributed by atoms with E-state index in [1.807, 2.05) is 6.92 Å². The zero-order valence-corrected chi connectivity index (χ0v) is 12.2. The number of aliphatic carboxylic acids is 1. The first-order valence-electron chi connectivity index (χ1n) is 5.75. The lowest BCUT2D eigenvalue weighted by Crippen LogP contribution is -2.52. The lowest BCUT2D eigenvalue weighted by Gasteiger charge is -2.24. The van der Waals surface area contributed by atoms with Crippen LogP contribution in [-0.4, -0.2) is 27.1 Å². The van der Waals surface area contributed by atoms with Crippen LogP contribution in [0.2, 0.25) is 0 Å². The molecule has 0 bridgehead atoms. The van der Waals surface area contributed by atoms with Crippen molar-refractivity contribution in [2.45, 2.75) is 39.3 Å². The predicted octanol–water partition coefficient (Wildman–Crippen LogP) is 2.25. The first kappa shape index (κ1) is 14.8. The number of hydrogen-bond acceptors (Lipinski definition) is 2. The topological polar surface area (TPSA) is 71.3 Å². The third kappa shape index (κ3) is 2.93. The average molecular weight is 317 g/mol. The van der Waals surface area contributed by atoms with E-state index in [0.29, 0.717) is 18.7 Å². The molecule has 0 saturated heterocycles. The highest BCUT2D eigenvalue weighted by Gasteiger charge is 2.33. The van der Waals surface area contributed by atoms with Crippen molar-refractivity contribution in [3.63, 3.8) is 0 Å². The van der Waals surface area contributed by atoms with Crippen LogP contribution in [0.4, 0.5) is 0 Å². The van der Waals surface area contributed by atoms with Crippen LogP contribution in [0.5, 0.6) is 0 Å². The van der Waals surface area contributed by atoms with E-state index in [4.69, 9.17) is 5.11 Å². The second-order valence-electron chi connectivity index (χ2n) is 4.27. The third-order valence-electron chi connectivity index (χ3n) is 3.01. The van der Waals surface area contributed by atoms with Gasteiger partial charge in [-0.2, -0.15) is 0 Å². The fraction of sp³-hybridized carbons (Fsp3) is 0.500. The highest BCUT2D eigenvalue weighted by molar-refractivity contribution is 9.10. The molecule has 1 aromatic rings. The molecule has 0 aliphatic rings. The van der Waals surface area contributed by atoms with E-state index < -0.39 is 11.5 Å². The number of rotatable bonds is 5. The molecule has 100 valence electrons. The minimum absolute atomic E-state index is 0.322. The van der Waals surface area contributed by atoms with Gasteiger partial charge < -0.3 is 15.0 Å². The first-order valence-corrected chi connectivity index (χ1v) is 6.55. The van der Waals surface area contributed by atoms with E-state index >= 15 is 0 Å². The standard InChI is InChI=1S/C12H17BrN2O3/c1-4-12(3,11(17)18)14-10(16)9-6-8(13)7-15(9)5-2/h6-7H,4-5H2,1-3H3,(H,14,16)(H,17,18). The average Bonchev–Trinajstić information content (AvgIpc) is 2.70. The van der Waals surface area contributed by atoms with Crippen molar-refractivity contribution in [1.29, 1.82) is 0 Å². The number of amides is 1. The van der Waals surface area contributed by atoms with Gasteiger partial charge in [0.05, 0.1) is 0 Å². The zero-order valence-electron chi connectivity index (χ0n) is 10.7. The molecule has 2 N–H and O–H groups in total. The van der Waals surface area contributed by atoms with Crippen LogP contribution in [0.1, 0.15) is 37.7 Å². The van der Waals surface area contributed by atoms with Crippen molar-refractivity contribution in [3.8, 4) is 0 Å². The van der Waals surface area contributed by atoms with Crippen molar-refractivity contribution in [2.24, 2.45) is 0 Å². The number of aromatic nitrogens is 1. The Labute approximate surface area is 114 Å². The van der Waals surface area contributed by atoms with Gasteiger partial charge in [0.2, 0.25) is 0 Å². The molecule has 1 atom stereocenters. The fourth-order valence-corrected chi connectivity index (χ4v) is 2.00. The summed E-state index contributed by atoms with van der Waals surface area (Å²) in [5.74, 6) is -1.42. The number of hydrogen-bond donors (Lipinski definition) is 2. The lowest BCUT2D eigenvalue weighted by atomic mass is 9.99. The molecule has 1 aromatic heterocycles. The van der Waals surface area contributed by atoms with Crippen LogP contribution in [0, 0.1) is 0 Å². The summed E-state index contributed by atoms with van der Waals surface area (Å²) in [4.78, 5) is 23.2. The van der Waals surface area contributed by atoms with Gasteiger partial charge in [-0.3, -0.25) is 4.79 Å². The predicted molar refractivity (Wildman–Crippen MR) is 71.6 cm³/mol. The van der Waals surface area contributed by atoms with Crippen LogP contribution in [-0.2, 0) is 11.3 Å². The summed E-state index contributed by atoms with van der Waals surface area (Å²) in [6.45, 7) is 5.79. The van der Waals surface area contributed by atoms with Crippen LogP contribution < -0.4 is 5.32 Å². The summed E-state index contributed by atoms with van der Waals surface area (Å²) in [5.41, 5.74) is -0.794. The molecule has 1 unspecified atom stereocenters. The summed E-state index contributed by atoms with van der Waals surface area (Å²) in [6, 6.07) is 1.68. The molecule has 1 amide bonds. The molecule has 0 aliphatic heterocycles. The third-order valence-corrected chi connectivity index (χ3v) is 3.44. The minimum Gasteiger partial charge on any atom is -0.480 e. The van der Waals surface area contributed by atoms with Crippen LogP contribution in [0.25, 0.3) is 0 Å². The smallest absolute Gasteiger partial charge is 0.329 e. The SMILES string of the molecule is CCn1cc(Br)cc1C(=O)NC(C)(CC)C(=O)O. The molecule has 0 aromatic carbocycles. The zero-order chi connectivity index (χ0) is 13.9. The Hall–Kier alpha value is -1.30. The quantitative estimate of drug-likeness (QED) is 0.875. The number of carbonyl (C=O) groups is 2. The van der Waals surface area contributed by atoms with E-state index in [0.717, 1.165) is 4.47 Å². The maximum absolute atomic E-state index is 12.1. The lowest BCUT2D eigenvalue weighted by molar-refractivity contribution is -0.143. The van der Waals surface area contributed by atoms with Crippen LogP contribution >= 0.6 is 15.9 Å². The molecule has 18 heavy (non-hydrogen) atoms. The van der Waals surface area contributed by atoms with Crippen molar-refractivity contribution >= 4 is 27.8 Å². The molecule has 0 spiro atoms. The van der Waals surface area contributed by atoms with Crippen LogP contribution in [0.15, 0.2) is 16.7 Å². The van der Waals surface area contributed by atoms with Crippen molar-refractivity contribution < 1.29 is 14.7 Å². The highest BCUT2D eigenvalue weighted by Crippen LogP contribution is 2.17. The monoisotopic (exact) mass is 316 g/mol. The van der Waals surface area contributed by atoms with E-state index in [2.05, 4.69) is 21.2 Å². The van der Waals surface area contributed by atoms with Gasteiger partial charge in [-0.15, -0.1) is 0 Å². The Morgan fingerprint density at radius 3 is 2.56 bits per heavy atom. The Kier molecular flexibility index (Phi) is 4.56. The van der Waals surface area contributed by atoms with Gasteiger partial charge in [0, 0.05) is 17.2 Å². The minimum atomic E-state index is -1.24. The summed E-state index contributed by atoms with van der Waals surface area (Å²) >= 11 is 3.30. The molecular formula is C12H17BrN2O3. The van der Waals surface area contributed by atoms with Gasteiger partial charge in [0.15, 0.2) is 0 Å². The second kappa shape index (κ2) is 5.56. The van der Waals surface area contributed by atoms with Gasteiger partial charge in [-0.05, 0) is 42.3 Å². The molecule has 1 rings (SSSR count). The molecule has 0 radical (unpaired) electrons. The molecule has 6 heteroatoms. The molecule has 5 nitrogen and oxygen atoms in total. The van der Waals surface area contributed by atoms with Gasteiger partial charge in [0.1, 0.15) is 11.2 Å². The Morgan fingerprint density at radius 1 is 1.50 bits per heavy atom. The number of halogens is 1. The maximum atomic E-state index is 12.1. The Morgan fingerprint density at radius 2 is 2.11 bits per heavy atom. The number of carbonyl (C=O) groups excluding carboxylic acids is 1. The van der Waals surface area contributed by atoms with E-state index in [1.165, 1.54) is 6.92 Å². The number of carboxylic acid groups (broad SMARTS) is 1. The molecule has 0 saturated carbocycles. The van der Waals surface area contributed by atoms with Crippen molar-refractivity contribution in [3.05, 3.63) is 22.4 Å². The van der Waals surface area contributed by atoms with Gasteiger partial charge >= 0.3 is 5.97 Å². The van der Waals surface area contributed by atoms with Gasteiger partial charge in [-0.25, -0.2) is 4.79 Å². The number of nitrogens with zero attached hydrogens (tertiary/aromatic N) is 1. The van der Waals surface area contributed by atoms with Crippen LogP contribution in [0.3, 0.4) is 0 Å². The molecule has 0 aliphatic carbocycles. The largest absolute Gasteiger partial charge is 0.480 e. The Balaban J connectivity index is 2.98. The first-order chi connectivity index (χ1) is 8.34. The van der Waals surface area contributed by atoms with E-state index in [9.17, 15) is 9.59 Å². The van der Waals surface area contributed by atoms with E-state index in [1.54, 1.807) is 23.8 Å². The number of aryl methyl sites for hydroxylation is 1. The van der Waals surface area contributed by atoms with Gasteiger partial charge in [0.25, 0.3) is 5.91 Å². The Bertz CT molecular complexity index is 470. The summed E-state index contributed by atoms with van der Waals surface area (Å²) in [7, 11) is 0. The number of nitrogens with one attached hydrogen (secondary N) is 1. The molecular weight excluding hydrogens is 300 g/mol. The normalized spacial score (nSPS) is 14.0. The van der Waals surface area contributed by atoms with E-state index in [-0.39, 0.29) is 5.91 Å². The molecule has 1 heterocycles. The van der Waals surface area contributed by atoms with Gasteiger partial charge in [-0.1, -0.05) is 6.92 Å².